The molecular formula is C39H48O15Si6. The van der Waals surface area contributed by atoms with Crippen molar-refractivity contribution in [3.63, 3.8) is 0 Å². The first-order chi connectivity index (χ1) is 29.0. The summed E-state index contributed by atoms with van der Waals surface area (Å²) < 4.78 is 99.3. The Morgan fingerprint density at radius 1 is 0.333 bits per heavy atom. The predicted octanol–water partition coefficient (Wildman–Crippen LogP) is 4.08. The lowest BCUT2D eigenvalue weighted by Crippen LogP contribution is -2.80. The van der Waals surface area contributed by atoms with Crippen molar-refractivity contribution in [3.8, 4) is 33.4 Å². The van der Waals surface area contributed by atoms with E-state index in [1.807, 2.05) is 127 Å². The zero-order valence-corrected chi connectivity index (χ0v) is 40.7. The lowest BCUT2D eigenvalue weighted by Gasteiger charge is -2.47. The topological polar surface area (TPSA) is 138 Å². The van der Waals surface area contributed by atoms with Crippen LogP contribution < -0.4 is 15.6 Å². The van der Waals surface area contributed by atoms with Crippen molar-refractivity contribution in [2.45, 2.75) is 0 Å². The van der Waals surface area contributed by atoms with Gasteiger partial charge in [-0.3, -0.25) is 0 Å². The second-order valence-corrected chi connectivity index (χ2v) is 30.0. The molecule has 1 saturated heterocycles. The van der Waals surface area contributed by atoms with E-state index >= 15 is 0 Å². The molecule has 3 atom stereocenters. The maximum absolute atomic E-state index is 7.52. The Morgan fingerprint density at radius 3 is 0.867 bits per heavy atom. The van der Waals surface area contributed by atoms with E-state index in [-0.39, 0.29) is 0 Å². The van der Waals surface area contributed by atoms with Crippen LogP contribution in [0.25, 0.3) is 33.4 Å². The lowest BCUT2D eigenvalue weighted by molar-refractivity contribution is -0.0236. The van der Waals surface area contributed by atoms with Crippen molar-refractivity contribution < 1.29 is 64.5 Å². The summed E-state index contributed by atoms with van der Waals surface area (Å²) in [4.78, 5) is 0. The highest BCUT2D eigenvalue weighted by atomic mass is 28.6. The van der Waals surface area contributed by atoms with Crippen LogP contribution in [0.3, 0.4) is 0 Å². The zero-order valence-electron chi connectivity index (χ0n) is 34.7. The number of fused-ring (bicyclic) bond motifs is 3. The quantitative estimate of drug-likeness (QED) is 0.145. The Morgan fingerprint density at radius 2 is 0.600 bits per heavy atom. The molecule has 0 aromatic heterocycles. The van der Waals surface area contributed by atoms with Gasteiger partial charge < -0.3 is 64.5 Å². The van der Waals surface area contributed by atoms with Crippen molar-refractivity contribution in [1.82, 2.24) is 0 Å². The first kappa shape index (κ1) is 44.8. The van der Waals surface area contributed by atoms with E-state index in [9.17, 15) is 0 Å². The number of rotatable bonds is 14. The first-order valence-corrected chi connectivity index (χ1v) is 28.7. The summed E-state index contributed by atoms with van der Waals surface area (Å²) in [5, 5.41) is 1.41. The highest BCUT2D eigenvalue weighted by Crippen LogP contribution is 2.38. The second kappa shape index (κ2) is 18.3. The minimum Gasteiger partial charge on any atom is -0.374 e. The van der Waals surface area contributed by atoms with Gasteiger partial charge in [-0.15, -0.1) is 0 Å². The van der Waals surface area contributed by atoms with Gasteiger partial charge in [0, 0.05) is 79.5 Å². The van der Waals surface area contributed by atoms with E-state index in [4.69, 9.17) is 64.5 Å². The van der Waals surface area contributed by atoms with Gasteiger partial charge >= 0.3 is 53.6 Å². The van der Waals surface area contributed by atoms with Crippen LogP contribution in [-0.2, 0) is 64.5 Å². The largest absolute Gasteiger partial charge is 0.671 e. The van der Waals surface area contributed by atoms with Gasteiger partial charge in [0.05, 0.1) is 0 Å². The van der Waals surface area contributed by atoms with E-state index in [2.05, 4.69) is 0 Å². The molecule has 0 aromatic rings. The average molecular weight is 925 g/mol. The third-order valence-corrected chi connectivity index (χ3v) is 30.2. The molecule has 0 aromatic carbocycles. The molecule has 21 heteroatoms. The molecule has 7 aliphatic rings. The highest BCUT2D eigenvalue weighted by molar-refractivity contribution is 6.98. The summed E-state index contributed by atoms with van der Waals surface area (Å²) in [7, 11) is -14.7. The van der Waals surface area contributed by atoms with E-state index in [0.29, 0.717) is 15.6 Å². The van der Waals surface area contributed by atoms with Crippen molar-refractivity contribution in [2.24, 2.45) is 0 Å². The molecular weight excluding hydrogens is 877 g/mol. The number of hydrogen-bond donors (Lipinski definition) is 0. The monoisotopic (exact) mass is 924 g/mol. The molecule has 0 spiro atoms. The Kier molecular flexibility index (Phi) is 13.6. The van der Waals surface area contributed by atoms with Crippen LogP contribution in [0.4, 0.5) is 0 Å². The van der Waals surface area contributed by atoms with Crippen LogP contribution in [-0.4, -0.2) is 118 Å². The van der Waals surface area contributed by atoms with Crippen molar-refractivity contribution in [2.75, 3.05) is 64.0 Å². The molecule has 6 aliphatic carbocycles. The zero-order chi connectivity index (χ0) is 42.7. The minimum absolute atomic E-state index is 0.418. The highest BCUT2D eigenvalue weighted by Gasteiger charge is 2.74. The molecule has 1 aliphatic heterocycles. The summed E-state index contributed by atoms with van der Waals surface area (Å²) in [6.45, 7) is 0. The smallest absolute Gasteiger partial charge is 0.374 e. The summed E-state index contributed by atoms with van der Waals surface area (Å²) in [5.41, 5.74) is 5.11. The average Bonchev–Trinajstić information content (AvgIpc) is 3.85. The fourth-order valence-electron chi connectivity index (χ4n) is 7.01. The maximum atomic E-state index is 7.52. The molecule has 0 N–H and O–H groups in total. The van der Waals surface area contributed by atoms with Crippen LogP contribution in [0.1, 0.15) is 0 Å². The van der Waals surface area contributed by atoms with Crippen LogP contribution in [0, 0.1) is 0 Å². The molecule has 1 heterocycles. The normalized spacial score (nSPS) is 23.6. The van der Waals surface area contributed by atoms with Gasteiger partial charge in [0.1, 0.15) is 0 Å². The van der Waals surface area contributed by atoms with Crippen molar-refractivity contribution >= 4 is 69.1 Å². The Bertz CT molecular complexity index is 2160. The first-order valence-electron chi connectivity index (χ1n) is 18.7. The molecule has 3 unspecified atom stereocenters. The van der Waals surface area contributed by atoms with E-state index < -0.39 is 53.6 Å². The Labute approximate surface area is 357 Å². The second-order valence-electron chi connectivity index (χ2n) is 13.3. The summed E-state index contributed by atoms with van der Waals surface area (Å²) in [5.74, 6) is 0. The third kappa shape index (κ3) is 8.35. The molecule has 318 valence electrons. The van der Waals surface area contributed by atoms with Crippen LogP contribution in [0.5, 0.6) is 0 Å². The van der Waals surface area contributed by atoms with Gasteiger partial charge in [0.25, 0.3) is 0 Å². The molecule has 0 saturated carbocycles. The fourth-order valence-corrected chi connectivity index (χ4v) is 30.4. The molecule has 15 nitrogen and oxygen atoms in total. The van der Waals surface area contributed by atoms with E-state index in [0.717, 1.165) is 33.4 Å². The van der Waals surface area contributed by atoms with E-state index in [1.165, 1.54) is 64.0 Å². The van der Waals surface area contributed by atoms with Gasteiger partial charge in [0.15, 0.2) is 0 Å². The van der Waals surface area contributed by atoms with Gasteiger partial charge in [-0.25, -0.2) is 0 Å². The van der Waals surface area contributed by atoms with Crippen molar-refractivity contribution in [3.05, 3.63) is 127 Å². The molecule has 0 amide bonds. The summed E-state index contributed by atoms with van der Waals surface area (Å²) in [6.07, 6.45) is 0. The van der Waals surface area contributed by atoms with Gasteiger partial charge in [-0.05, 0) is 69.8 Å². The molecule has 7 rings (SSSR count). The van der Waals surface area contributed by atoms with E-state index in [1.54, 1.807) is 0 Å². The van der Waals surface area contributed by atoms with Crippen LogP contribution in [0.15, 0.2) is 127 Å². The SMILES string of the molecule is CO[Si]1(OC)O[Si](OC)(c2cc3cccccc-3c2)O[Si](OC)(OC)O[Si](O[Si](OC)(OC)OC)(c2cc3cccccc-3c2)O[Si](OC)(c2cc3cccccc-3c2)O1. The van der Waals surface area contributed by atoms with Gasteiger partial charge in [-0.2, -0.15) is 0 Å². The Hall–Kier alpha value is -3.20. The van der Waals surface area contributed by atoms with Crippen molar-refractivity contribution in [1.29, 1.82) is 0 Å². The predicted molar refractivity (Wildman–Crippen MR) is 232 cm³/mol. The van der Waals surface area contributed by atoms with Gasteiger partial charge in [-0.1, -0.05) is 91.0 Å². The summed E-state index contributed by atoms with van der Waals surface area (Å²) >= 11 is 0. The third-order valence-electron chi connectivity index (χ3n) is 10.1. The number of hydrogen-bond acceptors (Lipinski definition) is 15. The summed E-state index contributed by atoms with van der Waals surface area (Å²) in [6, 6.07) is 40.5. The molecule has 0 radical (unpaired) electrons. The molecule has 60 heavy (non-hydrogen) atoms. The fraction of sp³-hybridized carbons (Fsp3) is 0.231. The molecule has 0 bridgehead atoms. The Balaban J connectivity index is 1.61. The van der Waals surface area contributed by atoms with Crippen LogP contribution >= 0.6 is 0 Å². The lowest BCUT2D eigenvalue weighted by atomic mass is 10.2. The minimum atomic E-state index is -4.89. The maximum Gasteiger partial charge on any atom is 0.671 e. The van der Waals surface area contributed by atoms with Gasteiger partial charge in [0.2, 0.25) is 0 Å². The standard InChI is InChI=1S/C39H48O15Si6/c1-40-55(37-25-31-19-13-10-14-20-32(31)26-37)49-57(53-58(42-3,43-4)44-5,39-29-35-23-17-12-18-24-36(35)30-39)54-60(47-8,48-9)52-56(41-2,51-59(45-6,46-7)50-55)38-27-33-21-15-11-16-22-34(33)28-38/h10-30H,1-9H3. The molecule has 1 fully saturated rings. The van der Waals surface area contributed by atoms with Crippen LogP contribution in [0.2, 0.25) is 0 Å².